The molecule has 1 aliphatic rings. The van der Waals surface area contributed by atoms with Crippen molar-refractivity contribution in [3.05, 3.63) is 33.3 Å². The van der Waals surface area contributed by atoms with Crippen LogP contribution in [0, 0.1) is 10.1 Å². The van der Waals surface area contributed by atoms with Crippen LogP contribution in [0.1, 0.15) is 19.8 Å². The highest BCUT2D eigenvalue weighted by Crippen LogP contribution is 2.32. The Hall–Kier alpha value is -1.82. The lowest BCUT2D eigenvalue weighted by molar-refractivity contribution is -0.384. The number of amides is 1. The first-order valence-corrected chi connectivity index (χ1v) is 6.36. The van der Waals surface area contributed by atoms with Gasteiger partial charge in [-0.05, 0) is 25.8 Å². The van der Waals surface area contributed by atoms with Crippen LogP contribution in [0.3, 0.4) is 0 Å². The van der Waals surface area contributed by atoms with Gasteiger partial charge in [-0.15, -0.1) is 0 Å². The lowest BCUT2D eigenvalue weighted by Crippen LogP contribution is -2.38. The van der Waals surface area contributed by atoms with Crippen LogP contribution in [0.4, 0.5) is 11.4 Å². The normalized spacial score (nSPS) is 15.7. The van der Waals surface area contributed by atoms with Gasteiger partial charge in [-0.3, -0.25) is 14.9 Å². The quantitative estimate of drug-likeness (QED) is 0.641. The van der Waals surface area contributed by atoms with Crippen molar-refractivity contribution >= 4 is 28.9 Å². The summed E-state index contributed by atoms with van der Waals surface area (Å²) in [5, 5.41) is 16.8. The lowest BCUT2D eigenvalue weighted by Gasteiger charge is -2.16. The van der Waals surface area contributed by atoms with E-state index in [1.807, 2.05) is 0 Å². The summed E-state index contributed by atoms with van der Waals surface area (Å²) in [5.74, 6) is -0.184. The SMILES string of the molecule is CC(Nc1c(Cl)cccc1[N+](=O)[O-])C(=O)NC1CC1. The summed E-state index contributed by atoms with van der Waals surface area (Å²) in [5.41, 5.74) is 0.0335. The first-order chi connectivity index (χ1) is 8.99. The van der Waals surface area contributed by atoms with Gasteiger partial charge in [0, 0.05) is 12.1 Å². The van der Waals surface area contributed by atoms with Gasteiger partial charge in [0.05, 0.1) is 9.95 Å². The molecule has 2 rings (SSSR count). The van der Waals surface area contributed by atoms with E-state index in [4.69, 9.17) is 11.6 Å². The van der Waals surface area contributed by atoms with E-state index in [1.165, 1.54) is 12.1 Å². The molecule has 0 aliphatic heterocycles. The van der Waals surface area contributed by atoms with Crippen LogP contribution in [0.25, 0.3) is 0 Å². The van der Waals surface area contributed by atoms with Gasteiger partial charge in [-0.25, -0.2) is 0 Å². The van der Waals surface area contributed by atoms with E-state index >= 15 is 0 Å². The first kappa shape index (κ1) is 13.6. The number of hydrogen-bond acceptors (Lipinski definition) is 4. The van der Waals surface area contributed by atoms with Crippen LogP contribution < -0.4 is 10.6 Å². The fourth-order valence-corrected chi connectivity index (χ4v) is 1.87. The van der Waals surface area contributed by atoms with Gasteiger partial charge in [-0.1, -0.05) is 17.7 Å². The third kappa shape index (κ3) is 3.35. The molecule has 1 aromatic rings. The van der Waals surface area contributed by atoms with Crippen molar-refractivity contribution in [3.8, 4) is 0 Å². The molecule has 1 saturated carbocycles. The Kier molecular flexibility index (Phi) is 3.90. The van der Waals surface area contributed by atoms with Gasteiger partial charge >= 0.3 is 0 Å². The highest BCUT2D eigenvalue weighted by atomic mass is 35.5. The number of nitrogens with zero attached hydrogens (tertiary/aromatic N) is 1. The molecule has 102 valence electrons. The number of nitrogens with one attached hydrogen (secondary N) is 2. The molecule has 1 aliphatic carbocycles. The van der Waals surface area contributed by atoms with E-state index in [0.29, 0.717) is 0 Å². The topological polar surface area (TPSA) is 84.3 Å². The molecule has 1 amide bonds. The van der Waals surface area contributed by atoms with E-state index in [0.717, 1.165) is 12.8 Å². The van der Waals surface area contributed by atoms with E-state index in [2.05, 4.69) is 10.6 Å². The molecule has 6 nitrogen and oxygen atoms in total. The molecule has 0 bridgehead atoms. The number of halogens is 1. The number of hydrogen-bond donors (Lipinski definition) is 2. The number of carbonyl (C=O) groups excluding carboxylic acids is 1. The van der Waals surface area contributed by atoms with E-state index in [-0.39, 0.29) is 28.3 Å². The zero-order valence-electron chi connectivity index (χ0n) is 10.4. The highest BCUT2D eigenvalue weighted by Gasteiger charge is 2.27. The molecule has 7 heteroatoms. The molecule has 1 fully saturated rings. The Balaban J connectivity index is 2.12. The van der Waals surface area contributed by atoms with Crippen LogP contribution in [0.15, 0.2) is 18.2 Å². The van der Waals surface area contributed by atoms with Crippen molar-refractivity contribution in [2.75, 3.05) is 5.32 Å². The van der Waals surface area contributed by atoms with Crippen LogP contribution in [0.5, 0.6) is 0 Å². The fraction of sp³-hybridized carbons (Fsp3) is 0.417. The summed E-state index contributed by atoms with van der Waals surface area (Å²) in [7, 11) is 0. The molecular weight excluding hydrogens is 270 g/mol. The third-order valence-electron chi connectivity index (χ3n) is 2.87. The summed E-state index contributed by atoms with van der Waals surface area (Å²) in [6.45, 7) is 1.64. The second kappa shape index (κ2) is 5.44. The monoisotopic (exact) mass is 283 g/mol. The Bertz CT molecular complexity index is 517. The highest BCUT2D eigenvalue weighted by molar-refractivity contribution is 6.33. The van der Waals surface area contributed by atoms with Crippen molar-refractivity contribution in [1.29, 1.82) is 0 Å². The molecule has 1 aromatic carbocycles. The number of anilines is 1. The Morgan fingerprint density at radius 3 is 2.79 bits per heavy atom. The van der Waals surface area contributed by atoms with Gasteiger partial charge < -0.3 is 10.6 Å². The predicted molar refractivity (Wildman–Crippen MR) is 72.4 cm³/mol. The minimum atomic E-state index is -0.584. The first-order valence-electron chi connectivity index (χ1n) is 5.99. The summed E-state index contributed by atoms with van der Waals surface area (Å²) >= 11 is 5.94. The number of nitro benzene ring substituents is 1. The van der Waals surface area contributed by atoms with Gasteiger partial charge in [-0.2, -0.15) is 0 Å². The summed E-state index contributed by atoms with van der Waals surface area (Å²) < 4.78 is 0. The maximum atomic E-state index is 11.8. The summed E-state index contributed by atoms with van der Waals surface area (Å²) in [6, 6.07) is 4.06. The maximum Gasteiger partial charge on any atom is 0.293 e. The molecule has 0 saturated heterocycles. The number of rotatable bonds is 5. The van der Waals surface area contributed by atoms with E-state index < -0.39 is 11.0 Å². The molecule has 1 unspecified atom stereocenters. The zero-order chi connectivity index (χ0) is 14.0. The van der Waals surface area contributed by atoms with Crippen molar-refractivity contribution in [2.24, 2.45) is 0 Å². The molecule has 19 heavy (non-hydrogen) atoms. The number of para-hydroxylation sites is 1. The van der Waals surface area contributed by atoms with Gasteiger partial charge in [0.15, 0.2) is 0 Å². The van der Waals surface area contributed by atoms with Crippen molar-refractivity contribution in [2.45, 2.75) is 31.8 Å². The van der Waals surface area contributed by atoms with E-state index in [9.17, 15) is 14.9 Å². The van der Waals surface area contributed by atoms with Crippen molar-refractivity contribution in [3.63, 3.8) is 0 Å². The van der Waals surface area contributed by atoms with Gasteiger partial charge in [0.1, 0.15) is 11.7 Å². The third-order valence-corrected chi connectivity index (χ3v) is 3.18. The van der Waals surface area contributed by atoms with Gasteiger partial charge in [0.2, 0.25) is 5.91 Å². The van der Waals surface area contributed by atoms with Crippen LogP contribution >= 0.6 is 11.6 Å². The molecule has 1 atom stereocenters. The Morgan fingerprint density at radius 2 is 2.21 bits per heavy atom. The van der Waals surface area contributed by atoms with Crippen LogP contribution in [-0.4, -0.2) is 22.9 Å². The second-order valence-corrected chi connectivity index (χ2v) is 4.95. The number of carbonyl (C=O) groups is 1. The average molecular weight is 284 g/mol. The minimum absolute atomic E-state index is 0.140. The largest absolute Gasteiger partial charge is 0.367 e. The van der Waals surface area contributed by atoms with E-state index in [1.54, 1.807) is 13.0 Å². The summed E-state index contributed by atoms with van der Waals surface area (Å²) in [6.07, 6.45) is 1.98. The summed E-state index contributed by atoms with van der Waals surface area (Å²) in [4.78, 5) is 22.2. The number of benzene rings is 1. The van der Waals surface area contributed by atoms with Gasteiger partial charge in [0.25, 0.3) is 5.69 Å². The predicted octanol–water partition coefficient (Wildman–Crippen LogP) is 2.33. The molecule has 0 heterocycles. The average Bonchev–Trinajstić information content (AvgIpc) is 3.15. The minimum Gasteiger partial charge on any atom is -0.367 e. The smallest absolute Gasteiger partial charge is 0.293 e. The van der Waals surface area contributed by atoms with Crippen molar-refractivity contribution in [1.82, 2.24) is 5.32 Å². The lowest BCUT2D eigenvalue weighted by atomic mass is 10.2. The Morgan fingerprint density at radius 1 is 1.53 bits per heavy atom. The standard InChI is InChI=1S/C12H14ClN3O3/c1-7(12(17)15-8-5-6-8)14-11-9(13)3-2-4-10(11)16(18)19/h2-4,7-8,14H,5-6H2,1H3,(H,15,17). The molecular formula is C12H14ClN3O3. The molecule has 0 spiro atoms. The second-order valence-electron chi connectivity index (χ2n) is 4.54. The molecule has 0 aromatic heterocycles. The molecule has 2 N–H and O–H groups in total. The molecule has 0 radical (unpaired) electrons. The number of nitro groups is 1. The van der Waals surface area contributed by atoms with Crippen LogP contribution in [0.2, 0.25) is 5.02 Å². The Labute approximate surface area is 115 Å². The zero-order valence-corrected chi connectivity index (χ0v) is 11.1. The fourth-order valence-electron chi connectivity index (χ4n) is 1.64. The van der Waals surface area contributed by atoms with Crippen molar-refractivity contribution < 1.29 is 9.72 Å². The van der Waals surface area contributed by atoms with Crippen LogP contribution in [-0.2, 0) is 4.79 Å². The maximum absolute atomic E-state index is 11.8.